The molecule has 1 aliphatic rings. The van der Waals surface area contributed by atoms with E-state index in [0.29, 0.717) is 6.10 Å². The standard InChI is InChI=1S/C8H16O.2C2H6/c1-7-4-3-5-8(6-7)9-2;2*1-2/h7-8H,3-6H2,1-2H3;2*1-2H3. The maximum atomic E-state index is 5.26. The molecule has 1 saturated carbocycles. The third kappa shape index (κ3) is 8.29. The number of ether oxygens (including phenoxy) is 1. The zero-order chi connectivity index (χ0) is 10.7. The molecule has 0 bridgehead atoms. The number of rotatable bonds is 1. The lowest BCUT2D eigenvalue weighted by molar-refractivity contribution is 0.0542. The first-order valence-electron chi connectivity index (χ1n) is 5.85. The highest BCUT2D eigenvalue weighted by Crippen LogP contribution is 2.24. The van der Waals surface area contributed by atoms with E-state index in [0.717, 1.165) is 5.92 Å². The molecule has 2 unspecified atom stereocenters. The Morgan fingerprint density at radius 2 is 1.54 bits per heavy atom. The molecule has 13 heavy (non-hydrogen) atoms. The topological polar surface area (TPSA) is 9.23 Å². The van der Waals surface area contributed by atoms with Crippen molar-refractivity contribution in [2.45, 2.75) is 66.4 Å². The molecule has 2 atom stereocenters. The van der Waals surface area contributed by atoms with Crippen LogP contribution in [0.25, 0.3) is 0 Å². The molecule has 1 heteroatoms. The van der Waals surface area contributed by atoms with Crippen LogP contribution in [0.5, 0.6) is 0 Å². The van der Waals surface area contributed by atoms with Crippen LogP contribution in [0.4, 0.5) is 0 Å². The van der Waals surface area contributed by atoms with Crippen molar-refractivity contribution >= 4 is 0 Å². The van der Waals surface area contributed by atoms with Crippen LogP contribution >= 0.6 is 0 Å². The van der Waals surface area contributed by atoms with E-state index in [1.807, 2.05) is 34.8 Å². The number of methoxy groups -OCH3 is 1. The Morgan fingerprint density at radius 3 is 1.85 bits per heavy atom. The Kier molecular flexibility index (Phi) is 14.2. The van der Waals surface area contributed by atoms with Gasteiger partial charge >= 0.3 is 0 Å². The van der Waals surface area contributed by atoms with Crippen LogP contribution in [-0.4, -0.2) is 13.2 Å². The Balaban J connectivity index is 0. The molecular formula is C12H28O. The predicted octanol–water partition coefficient (Wildman–Crippen LogP) is 4.26. The lowest BCUT2D eigenvalue weighted by atomic mass is 9.89. The number of hydrogen-bond acceptors (Lipinski definition) is 1. The van der Waals surface area contributed by atoms with Crippen molar-refractivity contribution in [3.05, 3.63) is 0 Å². The van der Waals surface area contributed by atoms with Gasteiger partial charge in [-0.1, -0.05) is 47.5 Å². The van der Waals surface area contributed by atoms with Gasteiger partial charge in [0.05, 0.1) is 6.10 Å². The third-order valence-electron chi connectivity index (χ3n) is 2.22. The van der Waals surface area contributed by atoms with Crippen molar-refractivity contribution < 1.29 is 4.74 Å². The van der Waals surface area contributed by atoms with Gasteiger partial charge < -0.3 is 4.74 Å². The van der Waals surface area contributed by atoms with Gasteiger partial charge in [0.25, 0.3) is 0 Å². The molecule has 0 aromatic heterocycles. The summed E-state index contributed by atoms with van der Waals surface area (Å²) < 4.78 is 5.26. The minimum atomic E-state index is 0.564. The predicted molar refractivity (Wildman–Crippen MR) is 61.1 cm³/mol. The zero-order valence-electron chi connectivity index (χ0n) is 10.4. The van der Waals surface area contributed by atoms with Gasteiger partial charge in [0.1, 0.15) is 0 Å². The van der Waals surface area contributed by atoms with E-state index in [2.05, 4.69) is 6.92 Å². The Bertz CT molecular complexity index is 81.2. The summed E-state index contributed by atoms with van der Waals surface area (Å²) in [6.07, 6.45) is 5.88. The van der Waals surface area contributed by atoms with E-state index >= 15 is 0 Å². The van der Waals surface area contributed by atoms with E-state index < -0.39 is 0 Å². The van der Waals surface area contributed by atoms with E-state index in [4.69, 9.17) is 4.74 Å². The second kappa shape index (κ2) is 12.0. The fourth-order valence-corrected chi connectivity index (χ4v) is 1.59. The largest absolute Gasteiger partial charge is 0.381 e. The first-order valence-corrected chi connectivity index (χ1v) is 5.85. The van der Waals surface area contributed by atoms with Crippen LogP contribution in [0.15, 0.2) is 0 Å². The quantitative estimate of drug-likeness (QED) is 0.597. The Labute approximate surface area is 84.9 Å². The highest BCUT2D eigenvalue weighted by molar-refractivity contribution is 4.69. The molecule has 0 spiro atoms. The van der Waals surface area contributed by atoms with Gasteiger partial charge in [0, 0.05) is 7.11 Å². The number of hydrogen-bond donors (Lipinski definition) is 0. The fourth-order valence-electron chi connectivity index (χ4n) is 1.59. The summed E-state index contributed by atoms with van der Waals surface area (Å²) >= 11 is 0. The summed E-state index contributed by atoms with van der Waals surface area (Å²) in [5, 5.41) is 0. The molecule has 1 nitrogen and oxygen atoms in total. The monoisotopic (exact) mass is 188 g/mol. The molecular weight excluding hydrogens is 160 g/mol. The summed E-state index contributed by atoms with van der Waals surface area (Å²) in [7, 11) is 1.82. The minimum Gasteiger partial charge on any atom is -0.381 e. The molecule has 0 heterocycles. The molecule has 82 valence electrons. The van der Waals surface area contributed by atoms with Crippen molar-refractivity contribution in [1.29, 1.82) is 0 Å². The van der Waals surface area contributed by atoms with Gasteiger partial charge in [-0.15, -0.1) is 0 Å². The van der Waals surface area contributed by atoms with E-state index in [9.17, 15) is 0 Å². The molecule has 1 fully saturated rings. The summed E-state index contributed by atoms with van der Waals surface area (Å²) in [6, 6.07) is 0. The van der Waals surface area contributed by atoms with Crippen LogP contribution in [0.2, 0.25) is 0 Å². The second-order valence-corrected chi connectivity index (χ2v) is 3.13. The van der Waals surface area contributed by atoms with Gasteiger partial charge in [0.2, 0.25) is 0 Å². The van der Waals surface area contributed by atoms with Crippen molar-refractivity contribution in [3.8, 4) is 0 Å². The minimum absolute atomic E-state index is 0.564. The lowest BCUT2D eigenvalue weighted by Crippen LogP contribution is -2.19. The average Bonchev–Trinajstić information content (AvgIpc) is 2.24. The summed E-state index contributed by atoms with van der Waals surface area (Å²) in [4.78, 5) is 0. The van der Waals surface area contributed by atoms with Gasteiger partial charge in [-0.05, 0) is 18.8 Å². The van der Waals surface area contributed by atoms with Gasteiger partial charge in [0.15, 0.2) is 0 Å². The van der Waals surface area contributed by atoms with Crippen LogP contribution in [0.3, 0.4) is 0 Å². The third-order valence-corrected chi connectivity index (χ3v) is 2.22. The lowest BCUT2D eigenvalue weighted by Gasteiger charge is -2.25. The molecule has 0 aromatic carbocycles. The molecule has 0 aliphatic heterocycles. The summed E-state index contributed by atoms with van der Waals surface area (Å²) in [6.45, 7) is 10.3. The Hall–Kier alpha value is -0.0400. The molecule has 0 aromatic rings. The van der Waals surface area contributed by atoms with E-state index in [1.165, 1.54) is 25.7 Å². The van der Waals surface area contributed by atoms with Gasteiger partial charge in [-0.2, -0.15) is 0 Å². The second-order valence-electron chi connectivity index (χ2n) is 3.13. The smallest absolute Gasteiger partial charge is 0.0573 e. The van der Waals surface area contributed by atoms with Crippen molar-refractivity contribution in [3.63, 3.8) is 0 Å². The highest BCUT2D eigenvalue weighted by Gasteiger charge is 2.17. The molecule has 0 saturated heterocycles. The van der Waals surface area contributed by atoms with Gasteiger partial charge in [-0.25, -0.2) is 0 Å². The van der Waals surface area contributed by atoms with Crippen molar-refractivity contribution in [2.75, 3.05) is 7.11 Å². The first kappa shape index (κ1) is 15.4. The highest BCUT2D eigenvalue weighted by atomic mass is 16.5. The average molecular weight is 188 g/mol. The molecule has 1 aliphatic carbocycles. The SMILES string of the molecule is CC.CC.COC1CCCC(C)C1. The zero-order valence-corrected chi connectivity index (χ0v) is 10.4. The maximum absolute atomic E-state index is 5.26. The van der Waals surface area contributed by atoms with E-state index in [1.54, 1.807) is 0 Å². The molecule has 1 rings (SSSR count). The van der Waals surface area contributed by atoms with E-state index in [-0.39, 0.29) is 0 Å². The van der Waals surface area contributed by atoms with Crippen molar-refractivity contribution in [1.82, 2.24) is 0 Å². The van der Waals surface area contributed by atoms with Gasteiger partial charge in [-0.3, -0.25) is 0 Å². The fraction of sp³-hybridized carbons (Fsp3) is 1.00. The normalized spacial score (nSPS) is 26.3. The summed E-state index contributed by atoms with van der Waals surface area (Å²) in [5.41, 5.74) is 0. The summed E-state index contributed by atoms with van der Waals surface area (Å²) in [5.74, 6) is 0.892. The molecule has 0 radical (unpaired) electrons. The van der Waals surface area contributed by atoms with Crippen LogP contribution in [-0.2, 0) is 4.74 Å². The first-order chi connectivity index (χ1) is 6.33. The maximum Gasteiger partial charge on any atom is 0.0573 e. The Morgan fingerprint density at radius 1 is 1.00 bits per heavy atom. The van der Waals surface area contributed by atoms with Crippen LogP contribution in [0, 0.1) is 5.92 Å². The van der Waals surface area contributed by atoms with Crippen LogP contribution < -0.4 is 0 Å². The molecule has 0 N–H and O–H groups in total. The molecule has 0 amide bonds. The van der Waals surface area contributed by atoms with Crippen molar-refractivity contribution in [2.24, 2.45) is 5.92 Å². The van der Waals surface area contributed by atoms with Crippen LogP contribution in [0.1, 0.15) is 60.3 Å².